The van der Waals surface area contributed by atoms with Gasteiger partial charge in [0.1, 0.15) is 0 Å². The molecule has 0 aliphatic carbocycles. The summed E-state index contributed by atoms with van der Waals surface area (Å²) in [5.41, 5.74) is 2.28. The molecule has 0 saturated heterocycles. The first kappa shape index (κ1) is 17.1. The van der Waals surface area contributed by atoms with Gasteiger partial charge in [0.25, 0.3) is 0 Å². The molecule has 0 spiro atoms. The Morgan fingerprint density at radius 1 is 0.741 bits per heavy atom. The third kappa shape index (κ3) is 3.50. The van der Waals surface area contributed by atoms with Crippen molar-refractivity contribution < 1.29 is 9.67 Å². The van der Waals surface area contributed by atoms with Crippen LogP contribution in [-0.4, -0.2) is 10.1 Å². The number of hydrogen-bond acceptors (Lipinski definition) is 2. The molecule has 2 aromatic carbocycles. The largest absolute Gasteiger partial charge is 0.373 e. The summed E-state index contributed by atoms with van der Waals surface area (Å²) in [6.45, 7) is 0.370. The zero-order valence-corrected chi connectivity index (χ0v) is 14.9. The Kier molecular flexibility index (Phi) is 4.77. The Bertz CT molecular complexity index is 1000. The fourth-order valence-electron chi connectivity index (χ4n) is 3.43. The molecule has 0 aliphatic rings. The normalized spacial score (nSPS) is 13.1. The van der Waals surface area contributed by atoms with Crippen LogP contribution in [0.3, 0.4) is 0 Å². The Labute approximate surface area is 159 Å². The first-order chi connectivity index (χ1) is 13.3. The van der Waals surface area contributed by atoms with E-state index in [1.54, 1.807) is 6.20 Å². The van der Waals surface area contributed by atoms with Crippen LogP contribution in [-0.2, 0) is 12.1 Å². The van der Waals surface area contributed by atoms with Crippen molar-refractivity contribution in [1.29, 1.82) is 0 Å². The number of hydrogen-bond donors (Lipinski definition) is 1. The van der Waals surface area contributed by atoms with Gasteiger partial charge in [0.05, 0.1) is 5.69 Å². The number of aliphatic hydroxyl groups is 1. The number of aromatic nitrogens is 2. The second-order valence-corrected chi connectivity index (χ2v) is 6.53. The van der Waals surface area contributed by atoms with Crippen LogP contribution in [0.2, 0.25) is 0 Å². The van der Waals surface area contributed by atoms with E-state index in [1.807, 2.05) is 95.8 Å². The molecule has 2 aromatic heterocycles. The van der Waals surface area contributed by atoms with Crippen LogP contribution in [0.4, 0.5) is 0 Å². The van der Waals surface area contributed by atoms with Crippen molar-refractivity contribution in [3.8, 4) is 11.1 Å². The number of benzene rings is 2. The van der Waals surface area contributed by atoms with Crippen molar-refractivity contribution >= 4 is 0 Å². The molecule has 0 aliphatic heterocycles. The summed E-state index contributed by atoms with van der Waals surface area (Å²) < 4.78 is 1.98. The molecule has 3 heteroatoms. The molecule has 4 rings (SSSR count). The predicted octanol–water partition coefficient (Wildman–Crippen LogP) is 3.97. The average molecular weight is 353 g/mol. The van der Waals surface area contributed by atoms with E-state index in [0.717, 1.165) is 16.7 Å². The van der Waals surface area contributed by atoms with Crippen LogP contribution in [0.5, 0.6) is 0 Å². The minimum atomic E-state index is -1.26. The van der Waals surface area contributed by atoms with Gasteiger partial charge in [-0.25, -0.2) is 4.57 Å². The lowest BCUT2D eigenvalue weighted by atomic mass is 9.84. The van der Waals surface area contributed by atoms with Gasteiger partial charge in [0.2, 0.25) is 0 Å². The van der Waals surface area contributed by atoms with Crippen molar-refractivity contribution in [1.82, 2.24) is 4.98 Å². The SMILES string of the molecule is OC(C[n+]1ccccc1)(c1ccccn1)c1ccccc1-c1ccccc1. The number of rotatable bonds is 5. The summed E-state index contributed by atoms with van der Waals surface area (Å²) in [6, 6.07) is 29.7. The van der Waals surface area contributed by atoms with E-state index in [1.165, 1.54) is 0 Å². The third-order valence-electron chi connectivity index (χ3n) is 4.73. The summed E-state index contributed by atoms with van der Waals surface area (Å²) in [6.07, 6.45) is 5.64. The van der Waals surface area contributed by atoms with Gasteiger partial charge in [-0.15, -0.1) is 0 Å². The number of nitrogens with zero attached hydrogens (tertiary/aromatic N) is 2. The summed E-state index contributed by atoms with van der Waals surface area (Å²) in [5.74, 6) is 0. The van der Waals surface area contributed by atoms with Gasteiger partial charge in [-0.3, -0.25) is 4.98 Å². The molecule has 3 nitrogen and oxygen atoms in total. The highest BCUT2D eigenvalue weighted by molar-refractivity contribution is 5.69. The van der Waals surface area contributed by atoms with Gasteiger partial charge in [-0.1, -0.05) is 66.7 Å². The molecule has 0 amide bonds. The first-order valence-corrected chi connectivity index (χ1v) is 9.00. The van der Waals surface area contributed by atoms with Gasteiger partial charge in [0, 0.05) is 23.9 Å². The van der Waals surface area contributed by atoms with Crippen molar-refractivity contribution in [2.45, 2.75) is 12.1 Å². The van der Waals surface area contributed by atoms with Gasteiger partial charge in [-0.2, -0.15) is 0 Å². The summed E-state index contributed by atoms with van der Waals surface area (Å²) in [5, 5.41) is 12.0. The van der Waals surface area contributed by atoms with Crippen LogP contribution in [0.1, 0.15) is 11.3 Å². The predicted molar refractivity (Wildman–Crippen MR) is 106 cm³/mol. The minimum Gasteiger partial charge on any atom is -0.373 e. The second kappa shape index (κ2) is 7.52. The first-order valence-electron chi connectivity index (χ1n) is 9.00. The topological polar surface area (TPSA) is 37.0 Å². The quantitative estimate of drug-likeness (QED) is 0.551. The minimum absolute atomic E-state index is 0.370. The summed E-state index contributed by atoms with van der Waals surface area (Å²) in [7, 11) is 0. The van der Waals surface area contributed by atoms with Crippen molar-refractivity contribution in [3.05, 3.63) is 121 Å². The van der Waals surface area contributed by atoms with Crippen LogP contribution in [0.25, 0.3) is 11.1 Å². The van der Waals surface area contributed by atoms with Crippen LogP contribution in [0.15, 0.2) is 110 Å². The van der Waals surface area contributed by atoms with Gasteiger partial charge in [-0.05, 0) is 23.3 Å². The average Bonchev–Trinajstić information content (AvgIpc) is 2.76. The van der Waals surface area contributed by atoms with Crippen molar-refractivity contribution in [3.63, 3.8) is 0 Å². The molecule has 1 atom stereocenters. The lowest BCUT2D eigenvalue weighted by molar-refractivity contribution is -0.710. The van der Waals surface area contributed by atoms with Gasteiger partial charge < -0.3 is 5.11 Å². The highest BCUT2D eigenvalue weighted by Crippen LogP contribution is 2.36. The standard InChI is InChI=1S/C24H21N2O/c27-24(23-15-7-8-16-25-23,19-26-17-9-2-10-18-26)22-14-6-5-13-21(22)20-11-3-1-4-12-20/h1-18,27H,19H2/q+1. The smallest absolute Gasteiger partial charge is 0.191 e. The Hall–Kier alpha value is -3.30. The molecule has 0 fully saturated rings. The van der Waals surface area contributed by atoms with Gasteiger partial charge >= 0.3 is 0 Å². The summed E-state index contributed by atoms with van der Waals surface area (Å²) >= 11 is 0. The highest BCUT2D eigenvalue weighted by atomic mass is 16.3. The molecule has 132 valence electrons. The van der Waals surface area contributed by atoms with E-state index >= 15 is 0 Å². The van der Waals surface area contributed by atoms with Gasteiger partial charge in [0.15, 0.2) is 24.5 Å². The van der Waals surface area contributed by atoms with Crippen LogP contribution in [0, 0.1) is 0 Å². The molecule has 4 aromatic rings. The molecule has 27 heavy (non-hydrogen) atoms. The van der Waals surface area contributed by atoms with Crippen molar-refractivity contribution in [2.75, 3.05) is 0 Å². The molecule has 2 heterocycles. The van der Waals surface area contributed by atoms with Crippen molar-refractivity contribution in [2.24, 2.45) is 0 Å². The molecule has 0 saturated carbocycles. The van der Waals surface area contributed by atoms with E-state index in [-0.39, 0.29) is 0 Å². The fraction of sp³-hybridized carbons (Fsp3) is 0.0833. The molecule has 1 unspecified atom stereocenters. The van der Waals surface area contributed by atoms with Crippen LogP contribution >= 0.6 is 0 Å². The Morgan fingerprint density at radius 2 is 1.41 bits per heavy atom. The van der Waals surface area contributed by atoms with E-state index in [2.05, 4.69) is 17.1 Å². The maximum atomic E-state index is 12.0. The van der Waals surface area contributed by atoms with E-state index < -0.39 is 5.60 Å². The lowest BCUT2D eigenvalue weighted by Crippen LogP contribution is -2.47. The fourth-order valence-corrected chi connectivity index (χ4v) is 3.43. The molecule has 0 radical (unpaired) electrons. The van der Waals surface area contributed by atoms with E-state index in [9.17, 15) is 5.11 Å². The Balaban J connectivity index is 1.90. The Morgan fingerprint density at radius 3 is 2.15 bits per heavy atom. The molecular formula is C24H21N2O+. The zero-order chi connectivity index (χ0) is 18.5. The molecule has 0 bridgehead atoms. The molecular weight excluding hydrogens is 332 g/mol. The second-order valence-electron chi connectivity index (χ2n) is 6.53. The lowest BCUT2D eigenvalue weighted by Gasteiger charge is -2.27. The van der Waals surface area contributed by atoms with Crippen LogP contribution < -0.4 is 4.57 Å². The highest BCUT2D eigenvalue weighted by Gasteiger charge is 2.39. The maximum absolute atomic E-state index is 12.0. The maximum Gasteiger partial charge on any atom is 0.191 e. The molecule has 1 N–H and O–H groups in total. The van der Waals surface area contributed by atoms with E-state index in [4.69, 9.17) is 0 Å². The third-order valence-corrected chi connectivity index (χ3v) is 4.73. The van der Waals surface area contributed by atoms with E-state index in [0.29, 0.717) is 12.2 Å². The zero-order valence-electron chi connectivity index (χ0n) is 14.9. The number of pyridine rings is 2. The monoisotopic (exact) mass is 353 g/mol. The summed E-state index contributed by atoms with van der Waals surface area (Å²) in [4.78, 5) is 4.49.